The quantitative estimate of drug-likeness (QED) is 0.286. The number of nitrogen functional groups attached to an aromatic ring is 1. The summed E-state index contributed by atoms with van der Waals surface area (Å²) in [4.78, 5) is 12.2. The monoisotopic (exact) mass is 380 g/mol. The Morgan fingerprint density at radius 3 is 2.70 bits per heavy atom. The molecule has 3 rings (SSSR count). The molecule has 5 atom stereocenters. The number of nitrogens with two attached hydrogens (primary N) is 3. The predicted molar refractivity (Wildman–Crippen MR) is 99.4 cm³/mol. The highest BCUT2D eigenvalue weighted by Gasteiger charge is 2.44. The van der Waals surface area contributed by atoms with Crippen molar-refractivity contribution in [3.63, 3.8) is 0 Å². The zero-order chi connectivity index (χ0) is 19.4. The van der Waals surface area contributed by atoms with Crippen molar-refractivity contribution in [1.29, 1.82) is 0 Å². The van der Waals surface area contributed by atoms with E-state index in [1.54, 1.807) is 4.57 Å². The van der Waals surface area contributed by atoms with Gasteiger partial charge in [-0.05, 0) is 32.4 Å². The van der Waals surface area contributed by atoms with Gasteiger partial charge in [0.05, 0.1) is 6.33 Å². The van der Waals surface area contributed by atoms with Crippen LogP contribution in [0.2, 0.25) is 0 Å². The van der Waals surface area contributed by atoms with Gasteiger partial charge in [-0.3, -0.25) is 4.57 Å². The Morgan fingerprint density at radius 1 is 1.15 bits per heavy atom. The standard InChI is InChI=1S/C16H28N8O3/c17-4-1-2-9(3-5-18)20-6-10-12(25)13(26)16(27-10)24-8-23-11-14(19)21-7-22-15(11)24/h7-10,12-13,16,20,25-26H,1-6,17-18H2,(H2,19,21,22)/t9?,10-,12-,13-,16-/m1/s1. The van der Waals surface area contributed by atoms with Crippen LogP contribution in [0.25, 0.3) is 11.2 Å². The van der Waals surface area contributed by atoms with Gasteiger partial charge in [-0.15, -0.1) is 0 Å². The Balaban J connectivity index is 1.69. The third kappa shape index (κ3) is 4.18. The number of aromatic nitrogens is 4. The van der Waals surface area contributed by atoms with Crippen molar-refractivity contribution >= 4 is 17.0 Å². The highest BCUT2D eigenvalue weighted by molar-refractivity contribution is 5.81. The van der Waals surface area contributed by atoms with Gasteiger partial charge in [0.1, 0.15) is 30.2 Å². The Kier molecular flexibility index (Phi) is 6.52. The first-order valence-electron chi connectivity index (χ1n) is 9.15. The highest BCUT2D eigenvalue weighted by atomic mass is 16.6. The zero-order valence-corrected chi connectivity index (χ0v) is 15.1. The summed E-state index contributed by atoms with van der Waals surface area (Å²) in [5.74, 6) is 0.245. The maximum atomic E-state index is 10.5. The molecule has 0 bridgehead atoms. The Labute approximate surface area is 156 Å². The lowest BCUT2D eigenvalue weighted by Gasteiger charge is -2.22. The fourth-order valence-electron chi connectivity index (χ4n) is 3.38. The van der Waals surface area contributed by atoms with Crippen molar-refractivity contribution < 1.29 is 14.9 Å². The van der Waals surface area contributed by atoms with Crippen LogP contribution in [-0.2, 0) is 4.74 Å². The summed E-state index contributed by atoms with van der Waals surface area (Å²) in [6, 6.07) is 0.187. The molecule has 0 aromatic carbocycles. The third-order valence-electron chi connectivity index (χ3n) is 4.88. The van der Waals surface area contributed by atoms with Gasteiger partial charge in [0.25, 0.3) is 0 Å². The van der Waals surface area contributed by atoms with Crippen molar-refractivity contribution in [2.75, 3.05) is 25.4 Å². The first-order chi connectivity index (χ1) is 13.1. The largest absolute Gasteiger partial charge is 0.387 e. The molecule has 0 amide bonds. The minimum Gasteiger partial charge on any atom is -0.387 e. The molecule has 0 saturated carbocycles. The van der Waals surface area contributed by atoms with Gasteiger partial charge in [-0.25, -0.2) is 15.0 Å². The van der Waals surface area contributed by atoms with Gasteiger partial charge in [0.2, 0.25) is 0 Å². The van der Waals surface area contributed by atoms with E-state index in [0.717, 1.165) is 19.3 Å². The van der Waals surface area contributed by atoms with Crippen LogP contribution in [0.5, 0.6) is 0 Å². The van der Waals surface area contributed by atoms with Crippen LogP contribution in [0.4, 0.5) is 5.82 Å². The average molecular weight is 380 g/mol. The number of nitrogens with one attached hydrogen (secondary N) is 1. The molecule has 0 aliphatic carbocycles. The number of aliphatic hydroxyl groups is 2. The lowest BCUT2D eigenvalue weighted by molar-refractivity contribution is -0.0348. The number of imidazole rings is 1. The molecule has 2 aromatic heterocycles. The van der Waals surface area contributed by atoms with Crippen LogP contribution in [0, 0.1) is 0 Å². The molecule has 11 nitrogen and oxygen atoms in total. The average Bonchev–Trinajstić information content (AvgIpc) is 3.21. The van der Waals surface area contributed by atoms with E-state index in [1.807, 2.05) is 0 Å². The molecule has 9 N–H and O–H groups in total. The molecule has 1 aliphatic rings. The van der Waals surface area contributed by atoms with Crippen LogP contribution in [0.1, 0.15) is 25.5 Å². The maximum absolute atomic E-state index is 10.5. The van der Waals surface area contributed by atoms with Crippen molar-refractivity contribution in [2.24, 2.45) is 11.5 Å². The summed E-state index contributed by atoms with van der Waals surface area (Å²) in [5, 5.41) is 24.3. The molecular weight excluding hydrogens is 352 g/mol. The molecule has 2 aromatic rings. The SMILES string of the molecule is NCCCC(CCN)NC[C@H]1O[C@@H](n2cnc3c(N)ncnc32)[C@H](O)[C@@H]1O. The minimum absolute atomic E-state index is 0.187. The lowest BCUT2D eigenvalue weighted by atomic mass is 10.1. The number of aliphatic hydroxyl groups excluding tert-OH is 2. The van der Waals surface area contributed by atoms with Crippen molar-refractivity contribution in [2.45, 2.75) is 49.8 Å². The van der Waals surface area contributed by atoms with Gasteiger partial charge in [-0.1, -0.05) is 0 Å². The predicted octanol–water partition coefficient (Wildman–Crippen LogP) is -1.93. The summed E-state index contributed by atoms with van der Waals surface area (Å²) in [7, 11) is 0. The smallest absolute Gasteiger partial charge is 0.167 e. The molecule has 1 aliphatic heterocycles. The number of anilines is 1. The molecule has 27 heavy (non-hydrogen) atoms. The van der Waals surface area contributed by atoms with Crippen LogP contribution in [0.15, 0.2) is 12.7 Å². The fraction of sp³-hybridized carbons (Fsp3) is 0.688. The number of nitrogens with zero attached hydrogens (tertiary/aromatic N) is 4. The maximum Gasteiger partial charge on any atom is 0.167 e. The van der Waals surface area contributed by atoms with E-state index in [-0.39, 0.29) is 11.9 Å². The number of hydrogen-bond donors (Lipinski definition) is 6. The van der Waals surface area contributed by atoms with E-state index in [0.29, 0.717) is 30.8 Å². The van der Waals surface area contributed by atoms with Crippen LogP contribution in [0.3, 0.4) is 0 Å². The van der Waals surface area contributed by atoms with E-state index in [1.165, 1.54) is 12.7 Å². The second-order valence-corrected chi connectivity index (χ2v) is 6.74. The van der Waals surface area contributed by atoms with Gasteiger partial charge in [-0.2, -0.15) is 0 Å². The van der Waals surface area contributed by atoms with Crippen LogP contribution >= 0.6 is 0 Å². The molecule has 0 spiro atoms. The minimum atomic E-state index is -1.12. The summed E-state index contributed by atoms with van der Waals surface area (Å²) < 4.78 is 7.48. The second kappa shape index (κ2) is 8.87. The lowest BCUT2D eigenvalue weighted by Crippen LogP contribution is -2.42. The van der Waals surface area contributed by atoms with Gasteiger partial charge < -0.3 is 37.5 Å². The van der Waals surface area contributed by atoms with E-state index in [2.05, 4.69) is 20.3 Å². The Bertz CT molecular complexity index is 742. The molecule has 1 unspecified atom stereocenters. The van der Waals surface area contributed by atoms with Gasteiger partial charge >= 0.3 is 0 Å². The van der Waals surface area contributed by atoms with E-state index in [4.69, 9.17) is 21.9 Å². The van der Waals surface area contributed by atoms with Crippen LogP contribution in [-0.4, -0.2) is 73.7 Å². The first-order valence-corrected chi connectivity index (χ1v) is 9.15. The first kappa shape index (κ1) is 19.9. The molecule has 1 fully saturated rings. The summed E-state index contributed by atoms with van der Waals surface area (Å²) in [6.07, 6.45) is 1.81. The second-order valence-electron chi connectivity index (χ2n) is 6.74. The summed E-state index contributed by atoms with van der Waals surface area (Å²) in [5.41, 5.74) is 17.9. The summed E-state index contributed by atoms with van der Waals surface area (Å²) >= 11 is 0. The van der Waals surface area contributed by atoms with Gasteiger partial charge in [0.15, 0.2) is 17.7 Å². The zero-order valence-electron chi connectivity index (χ0n) is 15.1. The molecule has 3 heterocycles. The normalized spacial score (nSPS) is 26.7. The number of rotatable bonds is 9. The molecular formula is C16H28N8O3. The van der Waals surface area contributed by atoms with Crippen molar-refractivity contribution in [3.8, 4) is 0 Å². The Morgan fingerprint density at radius 2 is 1.96 bits per heavy atom. The van der Waals surface area contributed by atoms with E-state index in [9.17, 15) is 10.2 Å². The van der Waals surface area contributed by atoms with E-state index >= 15 is 0 Å². The molecule has 11 heteroatoms. The molecule has 150 valence electrons. The summed E-state index contributed by atoms with van der Waals surface area (Å²) in [6.45, 7) is 1.56. The third-order valence-corrected chi connectivity index (χ3v) is 4.88. The fourth-order valence-corrected chi connectivity index (χ4v) is 3.38. The number of fused-ring (bicyclic) bond motifs is 1. The van der Waals surface area contributed by atoms with Gasteiger partial charge in [0, 0.05) is 12.6 Å². The number of hydrogen-bond acceptors (Lipinski definition) is 10. The van der Waals surface area contributed by atoms with Crippen molar-refractivity contribution in [3.05, 3.63) is 12.7 Å². The van der Waals surface area contributed by atoms with E-state index < -0.39 is 24.5 Å². The number of ether oxygens (including phenoxy) is 1. The highest BCUT2D eigenvalue weighted by Crippen LogP contribution is 2.31. The van der Waals surface area contributed by atoms with Crippen molar-refractivity contribution in [1.82, 2.24) is 24.8 Å². The Hall–Kier alpha value is -1.89. The van der Waals surface area contributed by atoms with Crippen LogP contribution < -0.4 is 22.5 Å². The molecule has 0 radical (unpaired) electrons. The molecule has 1 saturated heterocycles. The topological polar surface area (TPSA) is 183 Å².